The van der Waals surface area contributed by atoms with E-state index in [0.29, 0.717) is 27.9 Å². The summed E-state index contributed by atoms with van der Waals surface area (Å²) >= 11 is 0. The predicted octanol–water partition coefficient (Wildman–Crippen LogP) is 4.50. The van der Waals surface area contributed by atoms with Gasteiger partial charge in [0.1, 0.15) is 17.1 Å². The molecule has 7 nitrogen and oxygen atoms in total. The van der Waals surface area contributed by atoms with Crippen LogP contribution in [-0.4, -0.2) is 32.8 Å². The topological polar surface area (TPSA) is 88.8 Å². The Morgan fingerprint density at radius 1 is 1.18 bits per heavy atom. The number of carbonyl (C=O) groups is 1. The normalized spacial score (nSPS) is 17.6. The molecule has 0 unspecified atom stereocenters. The highest BCUT2D eigenvalue weighted by molar-refractivity contribution is 5.86. The fraction of sp³-hybridized carbons (Fsp3) is 0.296. The number of nitrogens with zero attached hydrogens (tertiary/aromatic N) is 3. The van der Waals surface area contributed by atoms with Crippen LogP contribution in [0.25, 0.3) is 16.8 Å². The second-order valence-electron chi connectivity index (χ2n) is 9.78. The molecule has 5 rings (SSSR count). The van der Waals surface area contributed by atoms with E-state index in [1.807, 2.05) is 0 Å². The minimum Gasteiger partial charge on any atom is -0.467 e. The van der Waals surface area contributed by atoms with Gasteiger partial charge in [0.15, 0.2) is 11.2 Å². The Hall–Kier alpha value is -3.83. The van der Waals surface area contributed by atoms with Gasteiger partial charge in [-0.3, -0.25) is 5.32 Å². The van der Waals surface area contributed by atoms with Crippen LogP contribution in [0.5, 0.6) is 0 Å². The first-order valence-electron chi connectivity index (χ1n) is 11.7. The third-order valence-electron chi connectivity index (χ3n) is 6.68. The highest BCUT2D eigenvalue weighted by Crippen LogP contribution is 2.41. The summed E-state index contributed by atoms with van der Waals surface area (Å²) in [6, 6.07) is 10.3. The quantitative estimate of drug-likeness (QED) is 0.293. The molecule has 11 heteroatoms. The molecule has 0 spiro atoms. The summed E-state index contributed by atoms with van der Waals surface area (Å²) in [5, 5.41) is 18.8. The van der Waals surface area contributed by atoms with Gasteiger partial charge in [-0.25, -0.2) is 18.7 Å². The first-order valence-corrected chi connectivity index (χ1v) is 11.7. The minimum atomic E-state index is -4.51. The molecular weight excluding hydrogens is 504 g/mol. The summed E-state index contributed by atoms with van der Waals surface area (Å²) < 4.78 is 60.2. The van der Waals surface area contributed by atoms with E-state index >= 15 is 0 Å². The number of methoxy groups -OCH3 is 1. The Balaban J connectivity index is 1.77. The van der Waals surface area contributed by atoms with Crippen LogP contribution in [0.3, 0.4) is 0 Å². The van der Waals surface area contributed by atoms with Gasteiger partial charge in [-0.1, -0.05) is 24.3 Å². The number of hydrogen-bond donors (Lipinski definition) is 2. The zero-order chi connectivity index (χ0) is 27.5. The van der Waals surface area contributed by atoms with Crippen LogP contribution in [0.4, 0.5) is 17.6 Å². The van der Waals surface area contributed by atoms with Gasteiger partial charge in [-0.05, 0) is 49.2 Å². The highest BCUT2D eigenvalue weighted by Gasteiger charge is 2.49. The number of ether oxygens (including phenoxy) is 1. The lowest BCUT2D eigenvalue weighted by molar-refractivity contribution is -0.149. The fourth-order valence-corrected chi connectivity index (χ4v) is 4.97. The number of nitrogens with one attached hydrogen (secondary N) is 1. The van der Waals surface area contributed by atoms with Gasteiger partial charge in [0.05, 0.1) is 23.9 Å². The maximum atomic E-state index is 14.0. The summed E-state index contributed by atoms with van der Waals surface area (Å²) in [5.41, 5.74) is -1.18. The number of aliphatic hydroxyl groups is 1. The van der Waals surface area contributed by atoms with Crippen LogP contribution in [0.15, 0.2) is 54.7 Å². The molecule has 1 aliphatic heterocycles. The SMILES string of the molecule is COC(=O)[C@@]1(Cc2cccc(F)c2)NCc2cnc3c(-c4ccc(C(F)(F)F)cc4)c(C(C)(C)O)nn3c21. The van der Waals surface area contributed by atoms with Gasteiger partial charge in [-0.2, -0.15) is 18.3 Å². The lowest BCUT2D eigenvalue weighted by atomic mass is 9.88. The molecule has 2 aromatic heterocycles. The third-order valence-corrected chi connectivity index (χ3v) is 6.68. The molecule has 1 aliphatic rings. The largest absolute Gasteiger partial charge is 0.467 e. The second kappa shape index (κ2) is 8.88. The molecular formula is C27H24F4N4O3. The molecule has 0 saturated heterocycles. The van der Waals surface area contributed by atoms with E-state index in [4.69, 9.17) is 4.74 Å². The van der Waals surface area contributed by atoms with Crippen LogP contribution in [0.1, 0.15) is 41.9 Å². The number of fused-ring (bicyclic) bond motifs is 3. The number of alkyl halides is 3. The molecule has 1 atom stereocenters. The smallest absolute Gasteiger partial charge is 0.416 e. The zero-order valence-electron chi connectivity index (χ0n) is 20.7. The average Bonchev–Trinajstić information content (AvgIpc) is 3.42. The summed E-state index contributed by atoms with van der Waals surface area (Å²) in [6.07, 6.45) is -2.94. The summed E-state index contributed by atoms with van der Waals surface area (Å²) in [7, 11) is 1.24. The molecule has 198 valence electrons. The van der Waals surface area contributed by atoms with Gasteiger partial charge in [0, 0.05) is 24.7 Å². The Morgan fingerprint density at radius 2 is 1.89 bits per heavy atom. The van der Waals surface area contributed by atoms with Crippen molar-refractivity contribution in [2.24, 2.45) is 0 Å². The van der Waals surface area contributed by atoms with Gasteiger partial charge < -0.3 is 9.84 Å². The molecule has 0 amide bonds. The summed E-state index contributed by atoms with van der Waals surface area (Å²) in [4.78, 5) is 17.8. The fourth-order valence-electron chi connectivity index (χ4n) is 4.97. The number of halogens is 4. The first kappa shape index (κ1) is 25.8. The van der Waals surface area contributed by atoms with E-state index in [9.17, 15) is 27.5 Å². The summed E-state index contributed by atoms with van der Waals surface area (Å²) in [6.45, 7) is 3.23. The maximum absolute atomic E-state index is 14.0. The Morgan fingerprint density at radius 3 is 2.50 bits per heavy atom. The Labute approximate surface area is 215 Å². The third kappa shape index (κ3) is 4.21. The van der Waals surface area contributed by atoms with Gasteiger partial charge >= 0.3 is 12.1 Å². The van der Waals surface area contributed by atoms with Crippen molar-refractivity contribution >= 4 is 11.6 Å². The second-order valence-corrected chi connectivity index (χ2v) is 9.78. The average molecular weight is 529 g/mol. The van der Waals surface area contributed by atoms with Crippen molar-refractivity contribution in [1.82, 2.24) is 19.9 Å². The molecule has 0 aliphatic carbocycles. The number of aromatic nitrogens is 3. The van der Waals surface area contributed by atoms with Crippen molar-refractivity contribution in [1.29, 1.82) is 0 Å². The lowest BCUT2D eigenvalue weighted by Crippen LogP contribution is -2.48. The Kier molecular flexibility index (Phi) is 6.03. The minimum absolute atomic E-state index is 0.0247. The van der Waals surface area contributed by atoms with Crippen molar-refractivity contribution < 1.29 is 32.2 Å². The van der Waals surface area contributed by atoms with Gasteiger partial charge in [0.2, 0.25) is 0 Å². The van der Waals surface area contributed by atoms with E-state index in [-0.39, 0.29) is 24.3 Å². The van der Waals surface area contributed by atoms with Crippen LogP contribution < -0.4 is 5.32 Å². The number of hydrogen-bond acceptors (Lipinski definition) is 6. The first-order chi connectivity index (χ1) is 17.8. The number of rotatable bonds is 5. The van der Waals surface area contributed by atoms with E-state index in [0.717, 1.165) is 12.1 Å². The molecule has 0 saturated carbocycles. The maximum Gasteiger partial charge on any atom is 0.416 e. The number of carbonyl (C=O) groups excluding carboxylic acids is 1. The van der Waals surface area contributed by atoms with E-state index in [1.54, 1.807) is 12.3 Å². The van der Waals surface area contributed by atoms with Crippen LogP contribution in [-0.2, 0) is 39.8 Å². The van der Waals surface area contributed by atoms with Crippen LogP contribution in [0.2, 0.25) is 0 Å². The molecule has 4 aromatic rings. The molecule has 0 radical (unpaired) electrons. The van der Waals surface area contributed by atoms with Crippen molar-refractivity contribution in [2.75, 3.05) is 7.11 Å². The van der Waals surface area contributed by atoms with Crippen LogP contribution >= 0.6 is 0 Å². The molecule has 3 heterocycles. The number of benzene rings is 2. The van der Waals surface area contributed by atoms with Crippen molar-refractivity contribution in [3.05, 3.63) is 88.6 Å². The highest BCUT2D eigenvalue weighted by atomic mass is 19.4. The molecule has 2 N–H and O–H groups in total. The Bertz CT molecular complexity index is 1540. The van der Waals surface area contributed by atoms with Gasteiger partial charge in [-0.15, -0.1) is 0 Å². The van der Waals surface area contributed by atoms with E-state index in [1.165, 1.54) is 55.8 Å². The van der Waals surface area contributed by atoms with Crippen LogP contribution in [0, 0.1) is 5.82 Å². The van der Waals surface area contributed by atoms with Crippen molar-refractivity contribution in [2.45, 2.75) is 44.1 Å². The molecule has 0 bridgehead atoms. The van der Waals surface area contributed by atoms with Crippen molar-refractivity contribution in [3.63, 3.8) is 0 Å². The molecule has 2 aromatic carbocycles. The lowest BCUT2D eigenvalue weighted by Gasteiger charge is -2.28. The monoisotopic (exact) mass is 528 g/mol. The zero-order valence-corrected chi connectivity index (χ0v) is 20.7. The summed E-state index contributed by atoms with van der Waals surface area (Å²) in [5.74, 6) is -1.10. The van der Waals surface area contributed by atoms with E-state index in [2.05, 4.69) is 15.4 Å². The standard InChI is InChI=1S/C27H24F4N4O3/c1-25(2,37)21-20(16-7-9-18(10-8-16)27(29,30)31)23-32-13-17-14-33-26(24(36)38-3,22(17)35(23)34-21)12-15-5-4-6-19(28)11-15/h4-11,13,33,37H,12,14H2,1-3H3/t26-/m0/s1. The predicted molar refractivity (Wildman–Crippen MR) is 129 cm³/mol. The van der Waals surface area contributed by atoms with Crippen molar-refractivity contribution in [3.8, 4) is 11.1 Å². The molecule has 38 heavy (non-hydrogen) atoms. The molecule has 0 fully saturated rings. The van der Waals surface area contributed by atoms with E-state index < -0.39 is 34.7 Å². The van der Waals surface area contributed by atoms with Gasteiger partial charge in [0.25, 0.3) is 0 Å². The number of esters is 1.